The van der Waals surface area contributed by atoms with Gasteiger partial charge in [0, 0.05) is 36.7 Å². The Morgan fingerprint density at radius 2 is 2.19 bits per heavy atom. The van der Waals surface area contributed by atoms with Crippen LogP contribution >= 0.6 is 11.3 Å². The Balaban J connectivity index is 2.20. The predicted octanol–water partition coefficient (Wildman–Crippen LogP) is 2.11. The highest BCUT2D eigenvalue weighted by atomic mass is 32.2. The van der Waals surface area contributed by atoms with Crippen molar-refractivity contribution >= 4 is 32.5 Å². The summed E-state index contributed by atoms with van der Waals surface area (Å²) >= 11 is 1.49. The van der Waals surface area contributed by atoms with E-state index in [2.05, 4.69) is 10.3 Å². The maximum Gasteiger partial charge on any atom is 0.270 e. The molecular weight excluding hydrogens is 314 g/mol. The zero-order chi connectivity index (χ0) is 15.5. The molecule has 1 aromatic heterocycles. The van der Waals surface area contributed by atoms with Crippen LogP contribution in [0, 0.1) is 10.1 Å². The van der Waals surface area contributed by atoms with Gasteiger partial charge in [0.05, 0.1) is 26.7 Å². The molecule has 0 aliphatic heterocycles. The summed E-state index contributed by atoms with van der Waals surface area (Å²) in [5.74, 6) is 0. The summed E-state index contributed by atoms with van der Waals surface area (Å²) in [4.78, 5) is 14.2. The van der Waals surface area contributed by atoms with Crippen LogP contribution in [0.15, 0.2) is 34.0 Å². The molecule has 0 saturated carbocycles. The lowest BCUT2D eigenvalue weighted by Crippen LogP contribution is -2.10. The van der Waals surface area contributed by atoms with E-state index in [-0.39, 0.29) is 10.6 Å². The largest absolute Gasteiger partial charge is 0.384 e. The van der Waals surface area contributed by atoms with Crippen LogP contribution in [0.4, 0.5) is 11.4 Å². The second-order valence-corrected chi connectivity index (χ2v) is 7.07. The van der Waals surface area contributed by atoms with Crippen molar-refractivity contribution in [3.05, 3.63) is 44.9 Å². The Kier molecular flexibility index (Phi) is 4.53. The molecule has 1 heterocycles. The van der Waals surface area contributed by atoms with Gasteiger partial charge >= 0.3 is 0 Å². The molecule has 0 atom stereocenters. The molecule has 0 fully saturated rings. The van der Waals surface area contributed by atoms with Crippen molar-refractivity contribution in [3.8, 4) is 0 Å². The van der Waals surface area contributed by atoms with Crippen molar-refractivity contribution in [1.29, 1.82) is 0 Å². The Labute approximate surface area is 125 Å². The third kappa shape index (κ3) is 3.99. The summed E-state index contributed by atoms with van der Waals surface area (Å²) in [7, 11) is -3.55. The van der Waals surface area contributed by atoms with Crippen molar-refractivity contribution in [2.24, 2.45) is 0 Å². The Morgan fingerprint density at radius 1 is 1.43 bits per heavy atom. The average Bonchev–Trinajstić information content (AvgIpc) is 2.90. The third-order valence-electron chi connectivity index (χ3n) is 2.76. The molecule has 9 heteroatoms. The van der Waals surface area contributed by atoms with E-state index >= 15 is 0 Å². The van der Waals surface area contributed by atoms with E-state index in [4.69, 9.17) is 0 Å². The Morgan fingerprint density at radius 3 is 2.76 bits per heavy atom. The first kappa shape index (κ1) is 15.4. The zero-order valence-corrected chi connectivity index (χ0v) is 12.8. The van der Waals surface area contributed by atoms with Crippen molar-refractivity contribution < 1.29 is 13.3 Å². The van der Waals surface area contributed by atoms with E-state index in [0.29, 0.717) is 18.7 Å². The molecule has 1 N–H and O–H groups in total. The first-order chi connectivity index (χ1) is 9.88. The number of aromatic nitrogens is 1. The number of rotatable bonds is 6. The van der Waals surface area contributed by atoms with Crippen LogP contribution in [0.25, 0.3) is 0 Å². The number of hydrogen-bond donors (Lipinski definition) is 1. The van der Waals surface area contributed by atoms with Gasteiger partial charge in [-0.15, -0.1) is 11.3 Å². The number of non-ortho nitro benzene ring substituents is 1. The lowest BCUT2D eigenvalue weighted by Gasteiger charge is -2.10. The van der Waals surface area contributed by atoms with Crippen LogP contribution in [-0.2, 0) is 16.3 Å². The number of hydrogen-bond acceptors (Lipinski definition) is 7. The van der Waals surface area contributed by atoms with Gasteiger partial charge < -0.3 is 5.32 Å². The molecule has 0 bridgehead atoms. The molecule has 0 amide bonds. The fourth-order valence-corrected chi connectivity index (χ4v) is 3.23. The number of nitro benzene ring substituents is 1. The standard InChI is InChI=1S/C12H13N3O4S2/c1-21(18,19)12-6-10(15(16)17)2-3-11(12)13-5-4-9-7-20-8-14-9/h2-3,6-8,13H,4-5H2,1H3. The molecule has 1 aromatic carbocycles. The summed E-state index contributed by atoms with van der Waals surface area (Å²) < 4.78 is 23.5. The Bertz CT molecular complexity index is 742. The van der Waals surface area contributed by atoms with Gasteiger partial charge in [-0.2, -0.15) is 0 Å². The van der Waals surface area contributed by atoms with Crippen LogP contribution < -0.4 is 5.32 Å². The first-order valence-electron chi connectivity index (χ1n) is 5.97. The molecule has 7 nitrogen and oxygen atoms in total. The third-order valence-corrected chi connectivity index (χ3v) is 4.53. The maximum atomic E-state index is 11.7. The van der Waals surface area contributed by atoms with Crippen molar-refractivity contribution in [2.45, 2.75) is 11.3 Å². The Hall–Kier alpha value is -2.00. The molecular formula is C12H13N3O4S2. The van der Waals surface area contributed by atoms with E-state index in [0.717, 1.165) is 18.0 Å². The highest BCUT2D eigenvalue weighted by Crippen LogP contribution is 2.26. The summed E-state index contributed by atoms with van der Waals surface area (Å²) in [6.07, 6.45) is 1.67. The topological polar surface area (TPSA) is 102 Å². The normalized spacial score (nSPS) is 11.3. The molecule has 112 valence electrons. The van der Waals surface area contributed by atoms with Crippen LogP contribution in [0.2, 0.25) is 0 Å². The van der Waals surface area contributed by atoms with E-state index in [1.54, 1.807) is 5.51 Å². The molecule has 0 radical (unpaired) electrons. The van der Waals surface area contributed by atoms with Crippen LogP contribution in [0.5, 0.6) is 0 Å². The smallest absolute Gasteiger partial charge is 0.270 e. The number of anilines is 1. The number of sulfone groups is 1. The lowest BCUT2D eigenvalue weighted by molar-refractivity contribution is -0.385. The van der Waals surface area contributed by atoms with Gasteiger partial charge in [0.25, 0.3) is 5.69 Å². The fraction of sp³-hybridized carbons (Fsp3) is 0.250. The average molecular weight is 327 g/mol. The molecule has 2 rings (SSSR count). The first-order valence-corrected chi connectivity index (χ1v) is 8.81. The quantitative estimate of drug-likeness (QED) is 0.644. The maximum absolute atomic E-state index is 11.7. The highest BCUT2D eigenvalue weighted by molar-refractivity contribution is 7.90. The molecule has 0 aliphatic carbocycles. The highest BCUT2D eigenvalue weighted by Gasteiger charge is 2.18. The van der Waals surface area contributed by atoms with Crippen molar-refractivity contribution in [1.82, 2.24) is 4.98 Å². The molecule has 21 heavy (non-hydrogen) atoms. The van der Waals surface area contributed by atoms with Gasteiger partial charge in [0.15, 0.2) is 9.84 Å². The van der Waals surface area contributed by atoms with Crippen LogP contribution in [-0.4, -0.2) is 31.1 Å². The summed E-state index contributed by atoms with van der Waals surface area (Å²) in [5, 5.41) is 15.6. The van der Waals surface area contributed by atoms with Gasteiger partial charge in [-0.25, -0.2) is 13.4 Å². The molecule has 0 aliphatic rings. The summed E-state index contributed by atoms with van der Waals surface area (Å²) in [5.41, 5.74) is 2.75. The lowest BCUT2D eigenvalue weighted by atomic mass is 10.2. The minimum Gasteiger partial charge on any atom is -0.384 e. The molecule has 0 unspecified atom stereocenters. The van der Waals surface area contributed by atoms with Crippen LogP contribution in [0.1, 0.15) is 5.69 Å². The molecule has 0 saturated heterocycles. The van der Waals surface area contributed by atoms with E-state index in [1.165, 1.54) is 23.5 Å². The second kappa shape index (κ2) is 6.19. The monoisotopic (exact) mass is 327 g/mol. The number of benzene rings is 1. The van der Waals surface area contributed by atoms with E-state index < -0.39 is 14.8 Å². The minimum absolute atomic E-state index is 0.0741. The molecule has 2 aromatic rings. The number of nitro groups is 1. The van der Waals surface area contributed by atoms with Gasteiger partial charge in [-0.1, -0.05) is 0 Å². The second-order valence-electron chi connectivity index (χ2n) is 4.37. The van der Waals surface area contributed by atoms with Gasteiger partial charge in [-0.3, -0.25) is 10.1 Å². The van der Waals surface area contributed by atoms with Crippen LogP contribution in [0.3, 0.4) is 0 Å². The number of thiazole rings is 1. The van der Waals surface area contributed by atoms with Gasteiger partial charge in [0.1, 0.15) is 0 Å². The summed E-state index contributed by atoms with van der Waals surface area (Å²) in [6, 6.07) is 3.76. The van der Waals surface area contributed by atoms with Gasteiger partial charge in [-0.05, 0) is 6.07 Å². The molecule has 0 spiro atoms. The van der Waals surface area contributed by atoms with E-state index in [1.807, 2.05) is 5.38 Å². The number of nitrogens with zero attached hydrogens (tertiary/aromatic N) is 2. The SMILES string of the molecule is CS(=O)(=O)c1cc([N+](=O)[O-])ccc1NCCc1cscn1. The number of nitrogens with one attached hydrogen (secondary N) is 1. The predicted molar refractivity (Wildman–Crippen MR) is 80.5 cm³/mol. The van der Waals surface area contributed by atoms with Crippen molar-refractivity contribution in [3.63, 3.8) is 0 Å². The minimum atomic E-state index is -3.55. The summed E-state index contributed by atoms with van der Waals surface area (Å²) in [6.45, 7) is 0.490. The fourth-order valence-electron chi connectivity index (χ4n) is 1.76. The van der Waals surface area contributed by atoms with Crippen molar-refractivity contribution in [2.75, 3.05) is 18.1 Å². The van der Waals surface area contributed by atoms with E-state index in [9.17, 15) is 18.5 Å². The van der Waals surface area contributed by atoms with Gasteiger partial charge in [0.2, 0.25) is 0 Å². The zero-order valence-electron chi connectivity index (χ0n) is 11.1.